The minimum Gasteiger partial charge on any atom is -0.376 e. The molecule has 0 aromatic carbocycles. The highest BCUT2D eigenvalue weighted by Crippen LogP contribution is 2.09. The van der Waals surface area contributed by atoms with Gasteiger partial charge in [0.1, 0.15) is 0 Å². The Kier molecular flexibility index (Phi) is 3.88. The zero-order chi connectivity index (χ0) is 11.4. The molecule has 0 saturated carbocycles. The number of morpholine rings is 1. The van der Waals surface area contributed by atoms with Crippen LogP contribution in [0.25, 0.3) is 0 Å². The Morgan fingerprint density at radius 1 is 1.56 bits per heavy atom. The maximum absolute atomic E-state index is 5.54. The minimum atomic E-state index is 0.331. The second-order valence-electron chi connectivity index (χ2n) is 4.28. The number of nitrogens with two attached hydrogens (primary N) is 1. The molecule has 4 heteroatoms. The van der Waals surface area contributed by atoms with Crippen LogP contribution in [0.15, 0.2) is 18.3 Å². The molecule has 2 heterocycles. The monoisotopic (exact) mass is 221 g/mol. The third-order valence-electron chi connectivity index (χ3n) is 2.83. The fourth-order valence-electron chi connectivity index (χ4n) is 1.93. The lowest BCUT2D eigenvalue weighted by atomic mass is 10.2. The summed E-state index contributed by atoms with van der Waals surface area (Å²) >= 11 is 0. The largest absolute Gasteiger partial charge is 0.376 e. The fraction of sp³-hybridized carbons (Fsp3) is 0.583. The smallest absolute Gasteiger partial charge is 0.0674 e. The van der Waals surface area contributed by atoms with E-state index in [4.69, 9.17) is 10.5 Å². The Morgan fingerprint density at radius 2 is 2.44 bits per heavy atom. The number of hydrogen-bond acceptors (Lipinski definition) is 4. The van der Waals surface area contributed by atoms with E-state index in [-0.39, 0.29) is 0 Å². The topological polar surface area (TPSA) is 51.4 Å². The first-order valence-electron chi connectivity index (χ1n) is 5.76. The van der Waals surface area contributed by atoms with Gasteiger partial charge >= 0.3 is 0 Å². The third-order valence-corrected chi connectivity index (χ3v) is 2.83. The summed E-state index contributed by atoms with van der Waals surface area (Å²) in [6, 6.07) is 4.11. The van der Waals surface area contributed by atoms with Gasteiger partial charge in [0.15, 0.2) is 0 Å². The molecule has 0 radical (unpaired) electrons. The van der Waals surface area contributed by atoms with Crippen LogP contribution in [0.1, 0.15) is 18.2 Å². The van der Waals surface area contributed by atoms with Crippen molar-refractivity contribution in [2.75, 3.05) is 19.7 Å². The van der Waals surface area contributed by atoms with Crippen molar-refractivity contribution in [3.05, 3.63) is 29.6 Å². The van der Waals surface area contributed by atoms with Crippen molar-refractivity contribution in [3.8, 4) is 0 Å². The minimum absolute atomic E-state index is 0.331. The lowest BCUT2D eigenvalue weighted by Crippen LogP contribution is -2.40. The molecule has 1 aliphatic heterocycles. The Labute approximate surface area is 96.4 Å². The summed E-state index contributed by atoms with van der Waals surface area (Å²) in [6.45, 7) is 6.37. The zero-order valence-corrected chi connectivity index (χ0v) is 9.72. The molecule has 4 nitrogen and oxygen atoms in total. The highest BCUT2D eigenvalue weighted by molar-refractivity contribution is 5.13. The summed E-state index contributed by atoms with van der Waals surface area (Å²) in [5.41, 5.74) is 7.72. The number of aromatic nitrogens is 1. The summed E-state index contributed by atoms with van der Waals surface area (Å²) in [6.07, 6.45) is 2.19. The second kappa shape index (κ2) is 5.39. The van der Waals surface area contributed by atoms with E-state index in [0.29, 0.717) is 12.6 Å². The van der Waals surface area contributed by atoms with Crippen LogP contribution in [0.5, 0.6) is 0 Å². The van der Waals surface area contributed by atoms with E-state index in [1.54, 1.807) is 0 Å². The van der Waals surface area contributed by atoms with E-state index in [1.807, 2.05) is 12.3 Å². The molecular formula is C12H19N3O. The van der Waals surface area contributed by atoms with Gasteiger partial charge in [-0.3, -0.25) is 9.88 Å². The predicted octanol–water partition coefficient (Wildman–Crippen LogP) is 0.761. The number of nitrogens with zero attached hydrogens (tertiary/aromatic N) is 2. The molecule has 1 unspecified atom stereocenters. The fourth-order valence-corrected chi connectivity index (χ4v) is 1.93. The summed E-state index contributed by atoms with van der Waals surface area (Å²) < 4.78 is 5.50. The highest BCUT2D eigenvalue weighted by Gasteiger charge is 2.16. The quantitative estimate of drug-likeness (QED) is 0.818. The molecule has 1 aliphatic rings. The van der Waals surface area contributed by atoms with E-state index in [2.05, 4.69) is 22.9 Å². The van der Waals surface area contributed by atoms with Crippen LogP contribution in [0, 0.1) is 0 Å². The average Bonchev–Trinajstić information content (AvgIpc) is 2.30. The lowest BCUT2D eigenvalue weighted by Gasteiger charge is -2.30. The Morgan fingerprint density at radius 3 is 3.06 bits per heavy atom. The number of ether oxygens (including phenoxy) is 1. The molecule has 0 spiro atoms. The number of hydrogen-bond donors (Lipinski definition) is 1. The second-order valence-corrected chi connectivity index (χ2v) is 4.28. The SMILES string of the molecule is CC1CN(Cc2ccc(CN)cn2)CCO1. The van der Waals surface area contributed by atoms with Crippen LogP contribution in [-0.2, 0) is 17.8 Å². The van der Waals surface area contributed by atoms with Gasteiger partial charge in [0, 0.05) is 32.4 Å². The van der Waals surface area contributed by atoms with Crippen molar-refractivity contribution in [2.24, 2.45) is 5.73 Å². The van der Waals surface area contributed by atoms with Gasteiger partial charge in [0.25, 0.3) is 0 Å². The van der Waals surface area contributed by atoms with E-state index >= 15 is 0 Å². The van der Waals surface area contributed by atoms with Gasteiger partial charge in [0.05, 0.1) is 18.4 Å². The van der Waals surface area contributed by atoms with E-state index in [0.717, 1.165) is 37.5 Å². The van der Waals surface area contributed by atoms with E-state index < -0.39 is 0 Å². The number of rotatable bonds is 3. The van der Waals surface area contributed by atoms with Crippen molar-refractivity contribution in [3.63, 3.8) is 0 Å². The van der Waals surface area contributed by atoms with Gasteiger partial charge in [-0.2, -0.15) is 0 Å². The van der Waals surface area contributed by atoms with Crippen LogP contribution < -0.4 is 5.73 Å². The molecule has 88 valence electrons. The molecule has 1 fully saturated rings. The first-order valence-corrected chi connectivity index (χ1v) is 5.76. The van der Waals surface area contributed by atoms with Crippen LogP contribution >= 0.6 is 0 Å². The Hall–Kier alpha value is -0.970. The summed E-state index contributed by atoms with van der Waals surface area (Å²) in [5, 5.41) is 0. The average molecular weight is 221 g/mol. The van der Waals surface area contributed by atoms with Gasteiger partial charge < -0.3 is 10.5 Å². The first-order chi connectivity index (χ1) is 7.78. The van der Waals surface area contributed by atoms with Crippen molar-refractivity contribution in [1.29, 1.82) is 0 Å². The van der Waals surface area contributed by atoms with Gasteiger partial charge in [-0.05, 0) is 18.6 Å². The van der Waals surface area contributed by atoms with E-state index in [1.165, 1.54) is 0 Å². The molecule has 1 atom stereocenters. The molecule has 2 N–H and O–H groups in total. The van der Waals surface area contributed by atoms with Crippen molar-refractivity contribution < 1.29 is 4.74 Å². The molecular weight excluding hydrogens is 202 g/mol. The Bertz CT molecular complexity index is 326. The predicted molar refractivity (Wildman–Crippen MR) is 62.8 cm³/mol. The molecule has 2 rings (SSSR count). The van der Waals surface area contributed by atoms with Crippen molar-refractivity contribution in [2.45, 2.75) is 26.1 Å². The zero-order valence-electron chi connectivity index (χ0n) is 9.72. The number of pyridine rings is 1. The highest BCUT2D eigenvalue weighted by atomic mass is 16.5. The van der Waals surface area contributed by atoms with Crippen LogP contribution in [0.4, 0.5) is 0 Å². The van der Waals surface area contributed by atoms with Crippen molar-refractivity contribution in [1.82, 2.24) is 9.88 Å². The third kappa shape index (κ3) is 3.01. The normalized spacial score (nSPS) is 22.2. The van der Waals surface area contributed by atoms with Crippen molar-refractivity contribution >= 4 is 0 Å². The first kappa shape index (κ1) is 11.5. The van der Waals surface area contributed by atoms with Crippen LogP contribution in [-0.4, -0.2) is 35.7 Å². The Balaban J connectivity index is 1.92. The van der Waals surface area contributed by atoms with Gasteiger partial charge in [-0.1, -0.05) is 6.07 Å². The molecule has 1 saturated heterocycles. The van der Waals surface area contributed by atoms with Crippen LogP contribution in [0.3, 0.4) is 0 Å². The maximum atomic E-state index is 5.54. The standard InChI is InChI=1S/C12H19N3O/c1-10-8-15(4-5-16-10)9-12-3-2-11(6-13)7-14-12/h2-3,7,10H,4-6,8-9,13H2,1H3. The molecule has 0 aliphatic carbocycles. The molecule has 0 bridgehead atoms. The maximum Gasteiger partial charge on any atom is 0.0674 e. The lowest BCUT2D eigenvalue weighted by molar-refractivity contribution is -0.0215. The van der Waals surface area contributed by atoms with E-state index in [9.17, 15) is 0 Å². The molecule has 16 heavy (non-hydrogen) atoms. The molecule has 1 aromatic rings. The summed E-state index contributed by atoms with van der Waals surface area (Å²) in [7, 11) is 0. The van der Waals surface area contributed by atoms with Gasteiger partial charge in [0.2, 0.25) is 0 Å². The molecule has 0 amide bonds. The summed E-state index contributed by atoms with van der Waals surface area (Å²) in [4.78, 5) is 6.78. The van der Waals surface area contributed by atoms with Gasteiger partial charge in [-0.15, -0.1) is 0 Å². The van der Waals surface area contributed by atoms with Crippen LogP contribution in [0.2, 0.25) is 0 Å². The summed E-state index contributed by atoms with van der Waals surface area (Å²) in [5.74, 6) is 0. The molecule has 1 aromatic heterocycles. The van der Waals surface area contributed by atoms with Gasteiger partial charge in [-0.25, -0.2) is 0 Å².